The van der Waals surface area contributed by atoms with Gasteiger partial charge in [-0.2, -0.15) is 5.10 Å². The third-order valence-electron chi connectivity index (χ3n) is 6.52. The van der Waals surface area contributed by atoms with Crippen LogP contribution in [0.2, 0.25) is 5.02 Å². The Bertz CT molecular complexity index is 1390. The molecule has 1 aliphatic heterocycles. The lowest BCUT2D eigenvalue weighted by Crippen LogP contribution is -2.43. The molecule has 1 unspecified atom stereocenters. The van der Waals surface area contributed by atoms with Gasteiger partial charge in [-0.15, -0.1) is 11.8 Å². The number of benzene rings is 2. The molecular weight excluding hydrogens is 552 g/mol. The molecule has 1 aromatic heterocycles. The molecule has 1 aliphatic rings. The lowest BCUT2D eigenvalue weighted by Gasteiger charge is -2.25. The summed E-state index contributed by atoms with van der Waals surface area (Å²) in [7, 11) is 4.75. The number of rotatable bonds is 9. The van der Waals surface area contributed by atoms with Crippen LogP contribution in [0.25, 0.3) is 5.69 Å². The van der Waals surface area contributed by atoms with E-state index < -0.39 is 5.41 Å². The smallest absolute Gasteiger partial charge is 0.240 e. The minimum atomic E-state index is -0.397. The number of thioether (sulfide) groups is 1. The summed E-state index contributed by atoms with van der Waals surface area (Å²) in [5.41, 5.74) is 2.79. The molecule has 1 N–H and O–H groups in total. The fourth-order valence-corrected chi connectivity index (χ4v) is 6.04. The predicted octanol–water partition coefficient (Wildman–Crippen LogP) is 4.77. The van der Waals surface area contributed by atoms with Gasteiger partial charge in [-0.3, -0.25) is 14.5 Å². The number of carbonyl (C=O) groups excluding carboxylic acids is 2. The summed E-state index contributed by atoms with van der Waals surface area (Å²) in [6.45, 7) is 6.78. The second kappa shape index (κ2) is 12.5. The first-order valence-electron chi connectivity index (χ1n) is 12.9. The highest BCUT2D eigenvalue weighted by molar-refractivity contribution is 8.00. The van der Waals surface area contributed by atoms with Gasteiger partial charge in [0.25, 0.3) is 0 Å². The van der Waals surface area contributed by atoms with Crippen molar-refractivity contribution >= 4 is 41.0 Å². The van der Waals surface area contributed by atoms with E-state index in [4.69, 9.17) is 30.9 Å². The van der Waals surface area contributed by atoms with E-state index in [1.54, 1.807) is 32.1 Å². The monoisotopic (exact) mass is 586 g/mol. The maximum absolute atomic E-state index is 13.8. The fraction of sp³-hybridized carbons (Fsp3) is 0.414. The maximum Gasteiger partial charge on any atom is 0.240 e. The summed E-state index contributed by atoms with van der Waals surface area (Å²) in [6.07, 6.45) is 0. The second-order valence-electron chi connectivity index (χ2n) is 10.3. The van der Waals surface area contributed by atoms with Crippen molar-refractivity contribution in [2.45, 2.75) is 31.4 Å². The molecule has 0 radical (unpaired) electrons. The maximum atomic E-state index is 13.8. The van der Waals surface area contributed by atoms with Crippen LogP contribution >= 0.6 is 23.4 Å². The van der Waals surface area contributed by atoms with Crippen molar-refractivity contribution in [2.24, 2.45) is 0 Å². The number of anilines is 1. The number of carbonyl (C=O) groups is 2. The molecule has 0 spiro atoms. The van der Waals surface area contributed by atoms with Gasteiger partial charge >= 0.3 is 0 Å². The molecule has 0 aliphatic carbocycles. The van der Waals surface area contributed by atoms with Gasteiger partial charge in [0.2, 0.25) is 11.8 Å². The number of amides is 2. The summed E-state index contributed by atoms with van der Waals surface area (Å²) >= 11 is 8.16. The van der Waals surface area contributed by atoms with E-state index in [-0.39, 0.29) is 29.4 Å². The molecule has 3 aromatic rings. The molecule has 1 atom stereocenters. The van der Waals surface area contributed by atoms with Crippen LogP contribution in [0.15, 0.2) is 42.5 Å². The van der Waals surface area contributed by atoms with Crippen molar-refractivity contribution in [1.29, 1.82) is 0 Å². The first-order chi connectivity index (χ1) is 19.1. The van der Waals surface area contributed by atoms with Crippen LogP contribution in [0, 0.1) is 0 Å². The zero-order chi connectivity index (χ0) is 29.0. The number of hydrogen-bond donors (Lipinski definition) is 1. The first kappa shape index (κ1) is 29.8. The van der Waals surface area contributed by atoms with Gasteiger partial charge in [-0.1, -0.05) is 50.6 Å². The molecule has 4 rings (SSSR count). The van der Waals surface area contributed by atoms with Crippen molar-refractivity contribution in [3.05, 3.63) is 64.3 Å². The van der Waals surface area contributed by atoms with Crippen molar-refractivity contribution in [1.82, 2.24) is 15.1 Å². The van der Waals surface area contributed by atoms with Crippen LogP contribution < -0.4 is 19.7 Å². The molecular formula is C29H35ClN4O5S. The van der Waals surface area contributed by atoms with Crippen LogP contribution in [0.1, 0.15) is 42.8 Å². The Morgan fingerprint density at radius 3 is 2.50 bits per heavy atom. The molecule has 214 valence electrons. The Morgan fingerprint density at radius 1 is 1.12 bits per heavy atom. The Balaban J connectivity index is 1.98. The highest BCUT2D eigenvalue weighted by atomic mass is 35.5. The van der Waals surface area contributed by atoms with Gasteiger partial charge in [0.05, 0.1) is 48.2 Å². The van der Waals surface area contributed by atoms with Gasteiger partial charge in [0.1, 0.15) is 12.4 Å². The molecule has 40 heavy (non-hydrogen) atoms. The van der Waals surface area contributed by atoms with Crippen molar-refractivity contribution in [2.75, 3.05) is 51.7 Å². The first-order valence-corrected chi connectivity index (χ1v) is 14.3. The summed E-state index contributed by atoms with van der Waals surface area (Å²) in [5.74, 6) is 1.38. The van der Waals surface area contributed by atoms with E-state index in [9.17, 15) is 9.59 Å². The Hall–Kier alpha value is -3.21. The van der Waals surface area contributed by atoms with Crippen LogP contribution in [0.3, 0.4) is 0 Å². The predicted molar refractivity (Wildman–Crippen MR) is 158 cm³/mol. The molecule has 2 heterocycles. The fourth-order valence-electron chi connectivity index (χ4n) is 4.64. The molecule has 2 aromatic carbocycles. The minimum absolute atomic E-state index is 0.158. The Morgan fingerprint density at radius 2 is 1.85 bits per heavy atom. The minimum Gasteiger partial charge on any atom is -0.493 e. The molecule has 11 heteroatoms. The molecule has 0 saturated carbocycles. The summed E-state index contributed by atoms with van der Waals surface area (Å²) < 4.78 is 17.8. The van der Waals surface area contributed by atoms with Crippen molar-refractivity contribution < 1.29 is 23.8 Å². The lowest BCUT2D eigenvalue weighted by atomic mass is 9.87. The summed E-state index contributed by atoms with van der Waals surface area (Å²) in [6, 6.07) is 13.1. The average molecular weight is 587 g/mol. The van der Waals surface area contributed by atoms with E-state index in [1.807, 2.05) is 36.4 Å². The van der Waals surface area contributed by atoms with E-state index in [0.717, 1.165) is 16.8 Å². The van der Waals surface area contributed by atoms with E-state index in [1.165, 1.54) is 16.7 Å². The highest BCUT2D eigenvalue weighted by Gasteiger charge is 2.40. The van der Waals surface area contributed by atoms with E-state index in [2.05, 4.69) is 26.1 Å². The summed E-state index contributed by atoms with van der Waals surface area (Å²) in [4.78, 5) is 28.3. The van der Waals surface area contributed by atoms with Crippen LogP contribution in [-0.2, 0) is 19.7 Å². The largest absolute Gasteiger partial charge is 0.493 e. The number of para-hydroxylation sites is 1. The number of methoxy groups -OCH3 is 3. The lowest BCUT2D eigenvalue weighted by molar-refractivity contribution is -0.123. The second-order valence-corrected chi connectivity index (χ2v) is 11.8. The van der Waals surface area contributed by atoms with Crippen LogP contribution in [-0.4, -0.2) is 68.4 Å². The SMILES string of the molecule is COCCNC(=O)CN1C(=O)CSC(c2ccc(OC)c(OC)c2)c2c(C(C)(C)C)nn(-c3ccccc3Cl)c21. The summed E-state index contributed by atoms with van der Waals surface area (Å²) in [5, 5.41) is 8.09. The van der Waals surface area contributed by atoms with Gasteiger partial charge in [-0.05, 0) is 29.8 Å². The Kier molecular flexibility index (Phi) is 9.33. The average Bonchev–Trinajstić information content (AvgIpc) is 3.26. The van der Waals surface area contributed by atoms with Gasteiger partial charge in [0, 0.05) is 24.6 Å². The zero-order valence-corrected chi connectivity index (χ0v) is 25.2. The number of aromatic nitrogens is 2. The standard InChI is InChI=1S/C29H35ClN4O5S/c1-29(2,3)27-25-26(18-11-12-21(38-5)22(15-18)39-6)40-17-24(36)33(16-23(35)31-13-14-37-4)28(25)34(32-27)20-10-8-7-9-19(20)30/h7-12,15,26H,13-14,16-17H2,1-6H3,(H,31,35). The normalized spacial score (nSPS) is 15.4. The number of nitrogens with one attached hydrogen (secondary N) is 1. The third-order valence-corrected chi connectivity index (χ3v) is 8.09. The van der Waals surface area contributed by atoms with Gasteiger partial charge in [-0.25, -0.2) is 4.68 Å². The topological polar surface area (TPSA) is 94.9 Å². The molecule has 0 saturated heterocycles. The van der Waals surface area contributed by atoms with E-state index >= 15 is 0 Å². The van der Waals surface area contributed by atoms with Crippen LogP contribution in [0.4, 0.5) is 5.82 Å². The quantitative estimate of drug-likeness (QED) is 0.361. The van der Waals surface area contributed by atoms with Crippen molar-refractivity contribution in [3.63, 3.8) is 0 Å². The third kappa shape index (κ3) is 6.09. The molecule has 0 bridgehead atoms. The van der Waals surface area contributed by atoms with E-state index in [0.29, 0.717) is 41.2 Å². The number of hydrogen-bond acceptors (Lipinski definition) is 7. The number of halogens is 1. The number of fused-ring (bicyclic) bond motifs is 1. The number of nitrogens with zero attached hydrogens (tertiary/aromatic N) is 3. The molecule has 2 amide bonds. The number of ether oxygens (including phenoxy) is 3. The molecule has 0 fully saturated rings. The molecule has 9 nitrogen and oxygen atoms in total. The highest BCUT2D eigenvalue weighted by Crippen LogP contribution is 2.49. The van der Waals surface area contributed by atoms with Gasteiger partial charge < -0.3 is 19.5 Å². The zero-order valence-electron chi connectivity index (χ0n) is 23.6. The Labute approximate surface area is 244 Å². The van der Waals surface area contributed by atoms with Crippen LogP contribution in [0.5, 0.6) is 11.5 Å². The van der Waals surface area contributed by atoms with Gasteiger partial charge in [0.15, 0.2) is 11.5 Å². The van der Waals surface area contributed by atoms with Crippen molar-refractivity contribution in [3.8, 4) is 17.2 Å².